The molecule has 0 radical (unpaired) electrons. The second kappa shape index (κ2) is 12.1. The monoisotopic (exact) mass is 541 g/mol. The molecule has 10 heteroatoms. The van der Waals surface area contributed by atoms with E-state index in [0.29, 0.717) is 47.2 Å². The number of nitrogens with one attached hydrogen (secondary N) is 1. The summed E-state index contributed by atoms with van der Waals surface area (Å²) in [5, 5.41) is 16.0. The van der Waals surface area contributed by atoms with Crippen LogP contribution in [0.25, 0.3) is 10.4 Å². The van der Waals surface area contributed by atoms with Gasteiger partial charge in [0.1, 0.15) is 11.5 Å². The number of ether oxygens (including phenoxy) is 3. The molecule has 206 valence electrons. The standard InChI is InChI=1S/C30H31N5O5/c1-38-25-8-4-7-21(18-25)27-30(29(37)32-23-12-13-23,19-22-6-2-3-9-26(22)34-35-31)33-28(40-27)20-10-14-24(15-11-20)39-17-5-16-36/h2-4,6-11,14-15,18,23,27,36H,5,12-13,16-17,19H2,1H3,(H,32,37)/t27-,30-/m1/s1. The number of aliphatic hydroxyl groups excluding tert-OH is 1. The summed E-state index contributed by atoms with van der Waals surface area (Å²) in [5.41, 5.74) is 10.3. The van der Waals surface area contributed by atoms with E-state index in [2.05, 4.69) is 15.3 Å². The molecule has 1 aliphatic heterocycles. The molecule has 40 heavy (non-hydrogen) atoms. The lowest BCUT2D eigenvalue weighted by molar-refractivity contribution is -0.129. The summed E-state index contributed by atoms with van der Waals surface area (Å²) in [7, 11) is 1.59. The minimum atomic E-state index is -1.39. The maximum atomic E-state index is 14.1. The fourth-order valence-electron chi connectivity index (χ4n) is 4.72. The molecule has 1 fully saturated rings. The van der Waals surface area contributed by atoms with Crippen molar-refractivity contribution in [3.05, 3.63) is 99.9 Å². The topological polar surface area (TPSA) is 138 Å². The highest BCUT2D eigenvalue weighted by atomic mass is 16.5. The first-order chi connectivity index (χ1) is 19.6. The summed E-state index contributed by atoms with van der Waals surface area (Å²) in [6.45, 7) is 0.461. The van der Waals surface area contributed by atoms with E-state index in [9.17, 15) is 4.79 Å². The smallest absolute Gasteiger partial charge is 0.252 e. The highest BCUT2D eigenvalue weighted by molar-refractivity contribution is 6.01. The fraction of sp³-hybridized carbons (Fsp3) is 0.333. The van der Waals surface area contributed by atoms with Crippen LogP contribution >= 0.6 is 0 Å². The van der Waals surface area contributed by atoms with E-state index in [4.69, 9.17) is 29.8 Å². The Hall–Kier alpha value is -4.53. The van der Waals surface area contributed by atoms with Crippen molar-refractivity contribution >= 4 is 17.5 Å². The molecule has 1 saturated carbocycles. The molecule has 1 aliphatic carbocycles. The Bertz CT molecular complexity index is 1430. The molecule has 10 nitrogen and oxygen atoms in total. The van der Waals surface area contributed by atoms with Gasteiger partial charge < -0.3 is 24.6 Å². The van der Waals surface area contributed by atoms with Crippen molar-refractivity contribution in [1.82, 2.24) is 5.32 Å². The van der Waals surface area contributed by atoms with Crippen LogP contribution in [0, 0.1) is 0 Å². The fourth-order valence-corrected chi connectivity index (χ4v) is 4.72. The van der Waals surface area contributed by atoms with Gasteiger partial charge in [-0.2, -0.15) is 0 Å². The highest BCUT2D eigenvalue weighted by Gasteiger charge is 2.54. The molecular weight excluding hydrogens is 510 g/mol. The maximum Gasteiger partial charge on any atom is 0.252 e. The van der Waals surface area contributed by atoms with Crippen LogP contribution in [0.15, 0.2) is 82.9 Å². The van der Waals surface area contributed by atoms with Gasteiger partial charge in [0.25, 0.3) is 5.91 Å². The quantitative estimate of drug-likeness (QED) is 0.141. The first-order valence-electron chi connectivity index (χ1n) is 13.2. The SMILES string of the molecule is COc1cccc([C@H]2OC(c3ccc(OCCCO)cc3)=N[C@@]2(Cc2ccccc2N=[N+]=[N-])C(=O)NC2CC2)c1. The van der Waals surface area contributed by atoms with Crippen LogP contribution in [0.4, 0.5) is 5.69 Å². The molecule has 0 bridgehead atoms. The number of hydrogen-bond donors (Lipinski definition) is 2. The van der Waals surface area contributed by atoms with Gasteiger partial charge in [-0.15, -0.1) is 0 Å². The Kier molecular flexibility index (Phi) is 8.19. The second-order valence-corrected chi connectivity index (χ2v) is 9.81. The number of amides is 1. The summed E-state index contributed by atoms with van der Waals surface area (Å²) in [6.07, 6.45) is 1.73. The molecule has 3 aromatic rings. The zero-order valence-electron chi connectivity index (χ0n) is 22.2. The lowest BCUT2D eigenvalue weighted by atomic mass is 9.81. The summed E-state index contributed by atoms with van der Waals surface area (Å²) in [6, 6.07) is 22.0. The van der Waals surface area contributed by atoms with Crippen molar-refractivity contribution in [2.24, 2.45) is 10.1 Å². The van der Waals surface area contributed by atoms with Crippen molar-refractivity contribution in [1.29, 1.82) is 0 Å². The number of hydrogen-bond acceptors (Lipinski definition) is 7. The van der Waals surface area contributed by atoms with E-state index in [1.165, 1.54) is 0 Å². The van der Waals surface area contributed by atoms with Gasteiger partial charge in [0.05, 0.1) is 13.7 Å². The maximum absolute atomic E-state index is 14.1. The molecule has 1 amide bonds. The number of methoxy groups -OCH3 is 1. The molecule has 0 saturated heterocycles. The van der Waals surface area contributed by atoms with Crippen molar-refractivity contribution in [3.8, 4) is 11.5 Å². The third-order valence-electron chi connectivity index (χ3n) is 6.94. The number of azide groups is 1. The van der Waals surface area contributed by atoms with Crippen molar-refractivity contribution < 1.29 is 24.1 Å². The number of rotatable bonds is 12. The van der Waals surface area contributed by atoms with Gasteiger partial charge in [-0.3, -0.25) is 4.79 Å². The first-order valence-corrected chi connectivity index (χ1v) is 13.2. The minimum absolute atomic E-state index is 0.0577. The molecule has 3 aromatic carbocycles. The molecule has 0 spiro atoms. The van der Waals surface area contributed by atoms with Crippen LogP contribution in [-0.4, -0.2) is 48.8 Å². The van der Waals surface area contributed by atoms with Crippen molar-refractivity contribution in [2.75, 3.05) is 20.3 Å². The zero-order valence-corrected chi connectivity index (χ0v) is 22.2. The van der Waals surface area contributed by atoms with Crippen molar-refractivity contribution in [2.45, 2.75) is 43.4 Å². The molecular formula is C30H31N5O5. The van der Waals surface area contributed by atoms with Gasteiger partial charge in [-0.05, 0) is 65.9 Å². The van der Waals surface area contributed by atoms with Crippen LogP contribution in [-0.2, 0) is 16.0 Å². The Labute approximate surface area is 232 Å². The van der Waals surface area contributed by atoms with Gasteiger partial charge in [0, 0.05) is 41.7 Å². The molecule has 0 unspecified atom stereocenters. The normalized spacial score (nSPS) is 19.6. The third kappa shape index (κ3) is 5.88. The zero-order chi connectivity index (χ0) is 28.0. The number of aliphatic hydroxyl groups is 1. The molecule has 5 rings (SSSR count). The largest absolute Gasteiger partial charge is 0.497 e. The summed E-state index contributed by atoms with van der Waals surface area (Å²) >= 11 is 0. The molecule has 1 heterocycles. The molecule has 2 atom stereocenters. The predicted molar refractivity (Wildman–Crippen MR) is 150 cm³/mol. The molecule has 0 aromatic heterocycles. The van der Waals surface area contributed by atoms with Crippen LogP contribution in [0.2, 0.25) is 0 Å². The summed E-state index contributed by atoms with van der Waals surface area (Å²) in [5.74, 6) is 1.35. The lowest BCUT2D eigenvalue weighted by Crippen LogP contribution is -2.50. The van der Waals surface area contributed by atoms with Crippen LogP contribution < -0.4 is 14.8 Å². The number of aliphatic imine (C=N–C) groups is 1. The second-order valence-electron chi connectivity index (χ2n) is 9.81. The Morgan fingerprint density at radius 3 is 2.67 bits per heavy atom. The van der Waals surface area contributed by atoms with Gasteiger partial charge in [-0.1, -0.05) is 41.5 Å². The van der Waals surface area contributed by atoms with Gasteiger partial charge in [0.2, 0.25) is 5.90 Å². The third-order valence-corrected chi connectivity index (χ3v) is 6.94. The van der Waals surface area contributed by atoms with E-state index in [1.54, 1.807) is 31.4 Å². The van der Waals surface area contributed by atoms with E-state index in [0.717, 1.165) is 18.4 Å². The first kappa shape index (κ1) is 27.1. The van der Waals surface area contributed by atoms with Crippen LogP contribution in [0.1, 0.15) is 42.1 Å². The van der Waals surface area contributed by atoms with Crippen molar-refractivity contribution in [3.63, 3.8) is 0 Å². The number of carbonyl (C=O) groups is 1. The Balaban J connectivity index is 1.60. The van der Waals surface area contributed by atoms with Gasteiger partial charge in [-0.25, -0.2) is 4.99 Å². The summed E-state index contributed by atoms with van der Waals surface area (Å²) in [4.78, 5) is 22.1. The molecule has 2 N–H and O–H groups in total. The lowest BCUT2D eigenvalue weighted by Gasteiger charge is -2.31. The predicted octanol–water partition coefficient (Wildman–Crippen LogP) is 5.18. The van der Waals surface area contributed by atoms with E-state index in [-0.39, 0.29) is 25.0 Å². The van der Waals surface area contributed by atoms with Gasteiger partial charge in [0.15, 0.2) is 11.6 Å². The average Bonchev–Trinajstić information content (AvgIpc) is 3.72. The van der Waals surface area contributed by atoms with E-state index in [1.807, 2.05) is 48.5 Å². The Morgan fingerprint density at radius 1 is 1.15 bits per heavy atom. The molecule has 2 aliphatic rings. The average molecular weight is 542 g/mol. The minimum Gasteiger partial charge on any atom is -0.497 e. The van der Waals surface area contributed by atoms with Crippen LogP contribution in [0.5, 0.6) is 11.5 Å². The summed E-state index contributed by atoms with van der Waals surface area (Å²) < 4.78 is 17.7. The highest BCUT2D eigenvalue weighted by Crippen LogP contribution is 2.44. The number of benzene rings is 3. The van der Waals surface area contributed by atoms with E-state index < -0.39 is 11.6 Å². The van der Waals surface area contributed by atoms with Crippen LogP contribution in [0.3, 0.4) is 0 Å². The van der Waals surface area contributed by atoms with E-state index >= 15 is 0 Å². The number of carbonyl (C=O) groups excluding carboxylic acids is 1. The van der Waals surface area contributed by atoms with Gasteiger partial charge >= 0.3 is 0 Å². The number of nitrogens with zero attached hydrogens (tertiary/aromatic N) is 4. The Morgan fingerprint density at radius 2 is 1.95 bits per heavy atom.